The summed E-state index contributed by atoms with van der Waals surface area (Å²) in [4.78, 5) is 14.9. The Hall–Kier alpha value is -1.10. The second kappa shape index (κ2) is 6.37. The van der Waals surface area contributed by atoms with E-state index in [0.29, 0.717) is 30.6 Å². The first-order valence-electron chi connectivity index (χ1n) is 6.98. The fraction of sp³-hybridized carbons (Fsp3) is 0.769. The van der Waals surface area contributed by atoms with E-state index in [9.17, 15) is 0 Å². The number of hydrogen-bond donors (Lipinski definition) is 0. The van der Waals surface area contributed by atoms with Crippen molar-refractivity contribution in [2.75, 3.05) is 11.5 Å². The number of aromatic nitrogens is 3. The summed E-state index contributed by atoms with van der Waals surface area (Å²) in [6, 6.07) is 1.24. The maximum Gasteiger partial charge on any atom is 0.322 e. The first kappa shape index (κ1) is 14.3. The predicted molar refractivity (Wildman–Crippen MR) is 75.9 cm³/mol. The van der Waals surface area contributed by atoms with E-state index in [0.717, 1.165) is 19.3 Å². The van der Waals surface area contributed by atoms with Crippen molar-refractivity contribution in [3.63, 3.8) is 0 Å². The molecule has 0 N–H and O–H groups in total. The van der Waals surface area contributed by atoms with Gasteiger partial charge >= 0.3 is 6.01 Å². The van der Waals surface area contributed by atoms with Crippen molar-refractivity contribution >= 4 is 17.5 Å². The van der Waals surface area contributed by atoms with Crippen molar-refractivity contribution in [1.82, 2.24) is 15.0 Å². The van der Waals surface area contributed by atoms with Gasteiger partial charge in [0.2, 0.25) is 11.2 Å². The lowest BCUT2D eigenvalue weighted by molar-refractivity contribution is 0.291. The summed E-state index contributed by atoms with van der Waals surface area (Å²) < 4.78 is 5.47. The van der Waals surface area contributed by atoms with E-state index < -0.39 is 0 Å². The zero-order valence-electron chi connectivity index (χ0n) is 11.8. The zero-order valence-corrected chi connectivity index (χ0v) is 12.5. The molecule has 1 aliphatic rings. The van der Waals surface area contributed by atoms with Crippen LogP contribution in [0.2, 0.25) is 5.28 Å². The van der Waals surface area contributed by atoms with Gasteiger partial charge in [0, 0.05) is 12.1 Å². The highest BCUT2D eigenvalue weighted by molar-refractivity contribution is 6.28. The Balaban J connectivity index is 2.25. The first-order chi connectivity index (χ1) is 9.15. The Morgan fingerprint density at radius 3 is 2.74 bits per heavy atom. The van der Waals surface area contributed by atoms with Crippen LogP contribution in [0.3, 0.4) is 0 Å². The molecule has 2 rings (SSSR count). The molecule has 0 saturated carbocycles. The standard InChI is InChI=1S/C13H21ClN4O/c1-4-8-19-13-16-11(14)15-12(17-13)18-9(3)6-7-10(18)5-2/h9-10H,4-8H2,1-3H3. The average Bonchev–Trinajstić information content (AvgIpc) is 2.77. The van der Waals surface area contributed by atoms with Gasteiger partial charge in [-0.2, -0.15) is 15.0 Å². The SMILES string of the molecule is CCCOc1nc(Cl)nc(N2C(C)CCC2CC)n1. The second-order valence-corrected chi connectivity index (χ2v) is 5.27. The van der Waals surface area contributed by atoms with Gasteiger partial charge in [-0.15, -0.1) is 0 Å². The molecule has 1 aliphatic heterocycles. The van der Waals surface area contributed by atoms with E-state index in [-0.39, 0.29) is 5.28 Å². The normalized spacial score (nSPS) is 22.8. The van der Waals surface area contributed by atoms with E-state index in [4.69, 9.17) is 16.3 Å². The average molecular weight is 285 g/mol. The van der Waals surface area contributed by atoms with E-state index in [1.54, 1.807) is 0 Å². The molecule has 0 bridgehead atoms. The second-order valence-electron chi connectivity index (χ2n) is 4.93. The van der Waals surface area contributed by atoms with Crippen LogP contribution in [0.5, 0.6) is 6.01 Å². The Morgan fingerprint density at radius 2 is 2.05 bits per heavy atom. The largest absolute Gasteiger partial charge is 0.463 e. The third kappa shape index (κ3) is 3.26. The Morgan fingerprint density at radius 1 is 1.26 bits per heavy atom. The molecule has 1 aromatic heterocycles. The third-order valence-corrected chi connectivity index (χ3v) is 3.67. The molecule has 1 fully saturated rings. The maximum atomic E-state index is 5.98. The molecule has 0 aromatic carbocycles. The molecule has 2 unspecified atom stereocenters. The molecule has 0 radical (unpaired) electrons. The quantitative estimate of drug-likeness (QED) is 0.832. The highest BCUT2D eigenvalue weighted by Crippen LogP contribution is 2.30. The number of ether oxygens (including phenoxy) is 1. The van der Waals surface area contributed by atoms with Crippen LogP contribution in [0.15, 0.2) is 0 Å². The fourth-order valence-electron chi connectivity index (χ4n) is 2.53. The van der Waals surface area contributed by atoms with E-state index in [1.807, 2.05) is 6.92 Å². The van der Waals surface area contributed by atoms with Crippen molar-refractivity contribution in [3.05, 3.63) is 5.28 Å². The molecule has 6 heteroatoms. The van der Waals surface area contributed by atoms with Crippen LogP contribution in [0.4, 0.5) is 5.95 Å². The molecule has 1 saturated heterocycles. The lowest BCUT2D eigenvalue weighted by Crippen LogP contribution is -2.35. The van der Waals surface area contributed by atoms with Gasteiger partial charge in [-0.05, 0) is 44.2 Å². The van der Waals surface area contributed by atoms with Crippen LogP contribution in [0.1, 0.15) is 46.5 Å². The highest BCUT2D eigenvalue weighted by atomic mass is 35.5. The van der Waals surface area contributed by atoms with Gasteiger partial charge in [-0.1, -0.05) is 13.8 Å². The fourth-order valence-corrected chi connectivity index (χ4v) is 2.68. The summed E-state index contributed by atoms with van der Waals surface area (Å²) in [7, 11) is 0. The van der Waals surface area contributed by atoms with Crippen LogP contribution in [-0.4, -0.2) is 33.6 Å². The van der Waals surface area contributed by atoms with Gasteiger partial charge in [0.25, 0.3) is 0 Å². The number of halogens is 1. The molecule has 19 heavy (non-hydrogen) atoms. The molecular formula is C13H21ClN4O. The number of rotatable bonds is 5. The van der Waals surface area contributed by atoms with Gasteiger partial charge in [0.1, 0.15) is 0 Å². The van der Waals surface area contributed by atoms with E-state index in [2.05, 4.69) is 33.7 Å². The molecule has 5 nitrogen and oxygen atoms in total. The summed E-state index contributed by atoms with van der Waals surface area (Å²) in [5, 5.41) is 0.199. The van der Waals surface area contributed by atoms with Gasteiger partial charge < -0.3 is 9.64 Å². The minimum atomic E-state index is 0.199. The van der Waals surface area contributed by atoms with Crippen molar-refractivity contribution < 1.29 is 4.74 Å². The van der Waals surface area contributed by atoms with Gasteiger partial charge in [0.15, 0.2) is 0 Å². The minimum Gasteiger partial charge on any atom is -0.463 e. The van der Waals surface area contributed by atoms with Crippen LogP contribution < -0.4 is 9.64 Å². The molecule has 0 spiro atoms. The molecular weight excluding hydrogens is 264 g/mol. The molecule has 0 aliphatic carbocycles. The lowest BCUT2D eigenvalue weighted by Gasteiger charge is -2.27. The van der Waals surface area contributed by atoms with E-state index in [1.165, 1.54) is 6.42 Å². The Kier molecular flexibility index (Phi) is 4.80. The van der Waals surface area contributed by atoms with Crippen LogP contribution in [-0.2, 0) is 0 Å². The molecule has 2 atom stereocenters. The first-order valence-corrected chi connectivity index (χ1v) is 7.36. The van der Waals surface area contributed by atoms with Crippen molar-refractivity contribution in [2.24, 2.45) is 0 Å². The third-order valence-electron chi connectivity index (χ3n) is 3.50. The summed E-state index contributed by atoms with van der Waals surface area (Å²) in [5.74, 6) is 0.642. The molecule has 106 valence electrons. The number of hydrogen-bond acceptors (Lipinski definition) is 5. The summed E-state index contributed by atoms with van der Waals surface area (Å²) in [6.07, 6.45) is 4.33. The Bertz CT molecular complexity index is 429. The lowest BCUT2D eigenvalue weighted by atomic mass is 10.2. The number of nitrogens with zero attached hydrogens (tertiary/aromatic N) is 4. The van der Waals surface area contributed by atoms with Crippen LogP contribution >= 0.6 is 11.6 Å². The van der Waals surface area contributed by atoms with Crippen molar-refractivity contribution in [3.8, 4) is 6.01 Å². The van der Waals surface area contributed by atoms with E-state index >= 15 is 0 Å². The monoisotopic (exact) mass is 284 g/mol. The summed E-state index contributed by atoms with van der Waals surface area (Å²) in [6.45, 7) is 7.01. The molecule has 2 heterocycles. The number of anilines is 1. The molecule has 0 amide bonds. The highest BCUT2D eigenvalue weighted by Gasteiger charge is 2.31. The zero-order chi connectivity index (χ0) is 13.8. The van der Waals surface area contributed by atoms with Crippen molar-refractivity contribution in [2.45, 2.75) is 58.5 Å². The Labute approximate surface area is 119 Å². The van der Waals surface area contributed by atoms with Crippen LogP contribution in [0.25, 0.3) is 0 Å². The molecule has 1 aromatic rings. The predicted octanol–water partition coefficient (Wildman–Crippen LogP) is 3.08. The topological polar surface area (TPSA) is 51.1 Å². The summed E-state index contributed by atoms with van der Waals surface area (Å²) >= 11 is 5.98. The van der Waals surface area contributed by atoms with Gasteiger partial charge in [-0.25, -0.2) is 0 Å². The van der Waals surface area contributed by atoms with Crippen LogP contribution in [0, 0.1) is 0 Å². The maximum absolute atomic E-state index is 5.98. The van der Waals surface area contributed by atoms with Gasteiger partial charge in [-0.3, -0.25) is 0 Å². The summed E-state index contributed by atoms with van der Waals surface area (Å²) in [5.41, 5.74) is 0. The van der Waals surface area contributed by atoms with Gasteiger partial charge in [0.05, 0.1) is 6.61 Å². The van der Waals surface area contributed by atoms with Crippen molar-refractivity contribution in [1.29, 1.82) is 0 Å². The minimum absolute atomic E-state index is 0.199. The smallest absolute Gasteiger partial charge is 0.322 e.